The van der Waals surface area contributed by atoms with Crippen LogP contribution in [0.1, 0.15) is 32.0 Å². The Morgan fingerprint density at radius 1 is 1.00 bits per heavy atom. The van der Waals surface area contributed by atoms with Gasteiger partial charge in [-0.05, 0) is 54.1 Å². The van der Waals surface area contributed by atoms with E-state index in [0.717, 1.165) is 24.1 Å². The van der Waals surface area contributed by atoms with Crippen LogP contribution in [0.15, 0.2) is 47.8 Å². The Morgan fingerprint density at radius 2 is 1.75 bits per heavy atom. The minimum Gasteiger partial charge on any atom is -0.493 e. The number of nitrogens with one attached hydrogen (secondary N) is 1. The van der Waals surface area contributed by atoms with Gasteiger partial charge in [-0.1, -0.05) is 12.1 Å². The normalized spacial score (nSPS) is 12.7. The molecule has 1 N–H and O–H groups in total. The van der Waals surface area contributed by atoms with Crippen LogP contribution in [-0.2, 0) is 6.42 Å². The second kappa shape index (κ2) is 9.32. The Kier molecular flexibility index (Phi) is 6.32. The summed E-state index contributed by atoms with van der Waals surface area (Å²) in [6.07, 6.45) is 1.80. The summed E-state index contributed by atoms with van der Waals surface area (Å²) in [6.45, 7) is 0.647. The molecule has 0 radical (unpaired) electrons. The average Bonchev–Trinajstić information content (AvgIpc) is 3.37. The van der Waals surface area contributed by atoms with Crippen LogP contribution in [0.5, 0.6) is 17.2 Å². The summed E-state index contributed by atoms with van der Waals surface area (Å²) in [5, 5.41) is 4.81. The molecule has 0 spiro atoms. The van der Waals surface area contributed by atoms with E-state index in [1.165, 1.54) is 32.7 Å². The van der Waals surface area contributed by atoms with Crippen molar-refractivity contribution in [3.8, 4) is 17.2 Å². The predicted octanol–water partition coefficient (Wildman–Crippen LogP) is 4.62. The van der Waals surface area contributed by atoms with Gasteiger partial charge in [0.05, 0.1) is 26.2 Å². The molecule has 0 aliphatic carbocycles. The predicted molar refractivity (Wildman–Crippen MR) is 125 cm³/mol. The van der Waals surface area contributed by atoms with E-state index in [2.05, 4.69) is 5.32 Å². The maximum Gasteiger partial charge on any atom is 0.268 e. The summed E-state index contributed by atoms with van der Waals surface area (Å²) in [4.78, 5) is 28.5. The lowest BCUT2D eigenvalue weighted by atomic mass is 10.0. The number of amides is 2. The first kappa shape index (κ1) is 21.7. The molecule has 1 aliphatic rings. The number of carbonyl (C=O) groups excluding carboxylic acids is 2. The SMILES string of the molecule is COc1cc(C(=O)Nc2ccc3c(c2)N(C(=O)c2cccs2)CCC3)cc(OC)c1OC. The van der Waals surface area contributed by atoms with Crippen LogP contribution >= 0.6 is 11.3 Å². The molecule has 0 saturated heterocycles. The van der Waals surface area contributed by atoms with E-state index in [1.54, 1.807) is 17.0 Å². The van der Waals surface area contributed by atoms with E-state index >= 15 is 0 Å². The zero-order valence-corrected chi connectivity index (χ0v) is 19.0. The average molecular weight is 453 g/mol. The molecule has 0 unspecified atom stereocenters. The van der Waals surface area contributed by atoms with Gasteiger partial charge in [-0.3, -0.25) is 9.59 Å². The van der Waals surface area contributed by atoms with Crippen LogP contribution in [0.25, 0.3) is 0 Å². The van der Waals surface area contributed by atoms with Gasteiger partial charge in [-0.15, -0.1) is 11.3 Å². The zero-order chi connectivity index (χ0) is 22.7. The third-order valence-electron chi connectivity index (χ3n) is 5.37. The minimum atomic E-state index is -0.323. The molecule has 166 valence electrons. The standard InChI is InChI=1S/C24H24N2O5S/c1-29-19-12-16(13-20(30-2)22(19)31-3)23(27)25-17-9-8-15-6-4-10-26(18(15)14-17)24(28)21-7-5-11-32-21/h5,7-9,11-14H,4,6,10H2,1-3H3,(H,25,27). The van der Waals surface area contributed by atoms with Crippen LogP contribution in [0.2, 0.25) is 0 Å². The molecule has 4 rings (SSSR count). The van der Waals surface area contributed by atoms with E-state index < -0.39 is 0 Å². The Bertz CT molecular complexity index is 1120. The van der Waals surface area contributed by atoms with Crippen molar-refractivity contribution in [2.45, 2.75) is 12.8 Å². The van der Waals surface area contributed by atoms with Gasteiger partial charge in [0.2, 0.25) is 5.75 Å². The third-order valence-corrected chi connectivity index (χ3v) is 6.22. The van der Waals surface area contributed by atoms with Gasteiger partial charge in [-0.2, -0.15) is 0 Å². The minimum absolute atomic E-state index is 0.0194. The zero-order valence-electron chi connectivity index (χ0n) is 18.1. The highest BCUT2D eigenvalue weighted by Gasteiger charge is 2.25. The fraction of sp³-hybridized carbons (Fsp3) is 0.250. The van der Waals surface area contributed by atoms with Gasteiger partial charge in [0.1, 0.15) is 0 Å². The Morgan fingerprint density at radius 3 is 2.38 bits per heavy atom. The molecule has 2 aromatic carbocycles. The third kappa shape index (κ3) is 4.13. The summed E-state index contributed by atoms with van der Waals surface area (Å²) >= 11 is 1.43. The Labute approximate surface area is 190 Å². The number of carbonyl (C=O) groups is 2. The highest BCUT2D eigenvalue weighted by atomic mass is 32.1. The molecule has 8 heteroatoms. The summed E-state index contributed by atoms with van der Waals surface area (Å²) in [5.74, 6) is 0.874. The highest BCUT2D eigenvalue weighted by Crippen LogP contribution is 2.38. The molecule has 7 nitrogen and oxygen atoms in total. The second-order valence-electron chi connectivity index (χ2n) is 7.25. The summed E-state index contributed by atoms with van der Waals surface area (Å²) in [5.41, 5.74) is 2.89. The van der Waals surface area contributed by atoms with Gasteiger partial charge in [-0.25, -0.2) is 0 Å². The van der Waals surface area contributed by atoms with Crippen LogP contribution in [0.4, 0.5) is 11.4 Å². The van der Waals surface area contributed by atoms with E-state index in [0.29, 0.717) is 39.9 Å². The molecule has 0 bridgehead atoms. The van der Waals surface area contributed by atoms with Gasteiger partial charge in [0, 0.05) is 23.5 Å². The molecule has 0 fully saturated rings. The lowest BCUT2D eigenvalue weighted by Crippen LogP contribution is -2.35. The fourth-order valence-corrected chi connectivity index (χ4v) is 4.48. The molecule has 2 amide bonds. The molecule has 3 aromatic rings. The van der Waals surface area contributed by atoms with E-state index in [9.17, 15) is 9.59 Å². The van der Waals surface area contributed by atoms with Gasteiger partial charge < -0.3 is 24.4 Å². The van der Waals surface area contributed by atoms with Crippen molar-refractivity contribution in [2.75, 3.05) is 38.1 Å². The number of fused-ring (bicyclic) bond motifs is 1. The van der Waals surface area contributed by atoms with Crippen molar-refractivity contribution in [1.82, 2.24) is 0 Å². The molecule has 0 saturated carbocycles. The number of ether oxygens (including phenoxy) is 3. The van der Waals surface area contributed by atoms with E-state index in [-0.39, 0.29) is 11.8 Å². The van der Waals surface area contributed by atoms with Crippen LogP contribution in [0.3, 0.4) is 0 Å². The van der Waals surface area contributed by atoms with Crippen molar-refractivity contribution in [3.05, 3.63) is 63.8 Å². The van der Waals surface area contributed by atoms with Crippen molar-refractivity contribution in [2.24, 2.45) is 0 Å². The maximum absolute atomic E-state index is 13.0. The van der Waals surface area contributed by atoms with Crippen molar-refractivity contribution in [3.63, 3.8) is 0 Å². The van der Waals surface area contributed by atoms with Gasteiger partial charge >= 0.3 is 0 Å². The smallest absolute Gasteiger partial charge is 0.268 e. The molecular weight excluding hydrogens is 428 g/mol. The number of thiophene rings is 1. The van der Waals surface area contributed by atoms with Crippen molar-refractivity contribution >= 4 is 34.5 Å². The number of nitrogens with zero attached hydrogens (tertiary/aromatic N) is 1. The molecule has 1 aromatic heterocycles. The lowest BCUT2D eigenvalue weighted by Gasteiger charge is -2.29. The van der Waals surface area contributed by atoms with Crippen LogP contribution < -0.4 is 24.4 Å². The number of anilines is 2. The summed E-state index contributed by atoms with van der Waals surface area (Å²) in [6, 6.07) is 12.6. The Hall–Kier alpha value is -3.52. The Balaban J connectivity index is 1.62. The van der Waals surface area contributed by atoms with Crippen LogP contribution in [0, 0.1) is 0 Å². The molecule has 32 heavy (non-hydrogen) atoms. The highest BCUT2D eigenvalue weighted by molar-refractivity contribution is 7.12. The van der Waals surface area contributed by atoms with E-state index in [4.69, 9.17) is 14.2 Å². The number of rotatable bonds is 6. The topological polar surface area (TPSA) is 77.1 Å². The van der Waals surface area contributed by atoms with Crippen LogP contribution in [-0.4, -0.2) is 39.7 Å². The number of hydrogen-bond acceptors (Lipinski definition) is 6. The quantitative estimate of drug-likeness (QED) is 0.591. The summed E-state index contributed by atoms with van der Waals surface area (Å²) in [7, 11) is 4.51. The first-order chi connectivity index (χ1) is 15.5. The number of aryl methyl sites for hydroxylation is 1. The molecular formula is C24H24N2O5S. The largest absolute Gasteiger partial charge is 0.493 e. The maximum atomic E-state index is 13.0. The number of hydrogen-bond donors (Lipinski definition) is 1. The fourth-order valence-electron chi connectivity index (χ4n) is 3.81. The first-order valence-corrected chi connectivity index (χ1v) is 11.0. The summed E-state index contributed by atoms with van der Waals surface area (Å²) < 4.78 is 16.0. The number of methoxy groups -OCH3 is 3. The molecule has 2 heterocycles. The van der Waals surface area contributed by atoms with Gasteiger partial charge in [0.15, 0.2) is 11.5 Å². The lowest BCUT2D eigenvalue weighted by molar-refractivity contribution is 0.0987. The molecule has 1 aliphatic heterocycles. The molecule has 0 atom stereocenters. The monoisotopic (exact) mass is 452 g/mol. The number of benzene rings is 2. The van der Waals surface area contributed by atoms with Gasteiger partial charge in [0.25, 0.3) is 11.8 Å². The first-order valence-electron chi connectivity index (χ1n) is 10.2. The van der Waals surface area contributed by atoms with Crippen molar-refractivity contribution in [1.29, 1.82) is 0 Å². The van der Waals surface area contributed by atoms with E-state index in [1.807, 2.05) is 35.7 Å². The second-order valence-corrected chi connectivity index (χ2v) is 8.20. The van der Waals surface area contributed by atoms with Crippen molar-refractivity contribution < 1.29 is 23.8 Å².